The molecular weight excluding hydrogens is 858 g/mol. The summed E-state index contributed by atoms with van der Waals surface area (Å²) in [5, 5.41) is 17.3. The number of aromatic amines is 1. The van der Waals surface area contributed by atoms with Crippen molar-refractivity contribution in [2.75, 3.05) is 103 Å². The van der Waals surface area contributed by atoms with Crippen molar-refractivity contribution in [2.24, 2.45) is 5.92 Å². The fourth-order valence-electron chi connectivity index (χ4n) is 9.35. The van der Waals surface area contributed by atoms with Gasteiger partial charge in [0.15, 0.2) is 5.69 Å². The molecule has 3 aromatic heterocycles. The normalized spacial score (nSPS) is 17.7. The number of piperazine rings is 2. The van der Waals surface area contributed by atoms with E-state index in [-0.39, 0.29) is 47.0 Å². The number of anilines is 1. The van der Waals surface area contributed by atoms with E-state index in [9.17, 15) is 24.0 Å². The van der Waals surface area contributed by atoms with Crippen LogP contribution in [0.5, 0.6) is 0 Å². The highest BCUT2D eigenvalue weighted by molar-refractivity contribution is 6.03. The molecule has 0 unspecified atom stereocenters. The monoisotopic (exact) mass is 913 g/mol. The van der Waals surface area contributed by atoms with Gasteiger partial charge in [0.25, 0.3) is 17.4 Å². The maximum atomic E-state index is 15.1. The molecule has 0 spiro atoms. The lowest BCUT2D eigenvalue weighted by Crippen LogP contribution is -2.55. The average Bonchev–Trinajstić information content (AvgIpc) is 3.33. The molecule has 350 valence electrons. The average molecular weight is 914 g/mol. The Kier molecular flexibility index (Phi) is 14.3. The van der Waals surface area contributed by atoms with Gasteiger partial charge in [-0.2, -0.15) is 5.10 Å². The molecule has 4 amide bonds. The first kappa shape index (κ1) is 45.6. The number of rotatable bonds is 14. The number of pyridine rings is 1. The number of piperidine rings is 1. The second-order valence-corrected chi connectivity index (χ2v) is 17.9. The number of carbonyl (C=O) groups excluding carboxylic acids is 4. The van der Waals surface area contributed by atoms with Crippen LogP contribution in [0, 0.1) is 11.7 Å². The van der Waals surface area contributed by atoms with Gasteiger partial charge in [0.05, 0.1) is 41.1 Å². The molecular formula is C48H56FN13O5. The lowest BCUT2D eigenvalue weighted by Gasteiger charge is -2.40. The van der Waals surface area contributed by atoms with Crippen LogP contribution < -0.4 is 21.5 Å². The van der Waals surface area contributed by atoms with Gasteiger partial charge in [0.1, 0.15) is 12.1 Å². The van der Waals surface area contributed by atoms with Crippen LogP contribution in [0.1, 0.15) is 62.1 Å². The van der Waals surface area contributed by atoms with Gasteiger partial charge in [-0.3, -0.25) is 28.9 Å². The Morgan fingerprint density at radius 1 is 0.791 bits per heavy atom. The predicted octanol–water partition coefficient (Wildman–Crippen LogP) is 1.71. The van der Waals surface area contributed by atoms with Gasteiger partial charge in [-0.1, -0.05) is 24.3 Å². The maximum Gasteiger partial charge on any atom is 0.274 e. The molecule has 67 heavy (non-hydrogen) atoms. The molecule has 7 heterocycles. The number of likely N-dealkylation sites (tertiary alicyclic amines) is 1. The molecule has 0 saturated carbocycles. The molecule has 0 bridgehead atoms. The van der Waals surface area contributed by atoms with E-state index in [2.05, 4.69) is 50.9 Å². The van der Waals surface area contributed by atoms with E-state index < -0.39 is 11.7 Å². The third-order valence-corrected chi connectivity index (χ3v) is 13.4. The van der Waals surface area contributed by atoms with Gasteiger partial charge in [-0.15, -0.1) is 0 Å². The number of amides is 4. The minimum atomic E-state index is -0.610. The van der Waals surface area contributed by atoms with Crippen LogP contribution in [0.3, 0.4) is 0 Å². The van der Waals surface area contributed by atoms with Crippen LogP contribution >= 0.6 is 0 Å². The summed E-state index contributed by atoms with van der Waals surface area (Å²) < 4.78 is 15.1. The topological polar surface area (TPSA) is 205 Å². The highest BCUT2D eigenvalue weighted by atomic mass is 19.1. The summed E-state index contributed by atoms with van der Waals surface area (Å²) in [6.07, 6.45) is 6.91. The molecule has 4 N–H and O–H groups in total. The van der Waals surface area contributed by atoms with Gasteiger partial charge in [-0.25, -0.2) is 24.4 Å². The van der Waals surface area contributed by atoms with E-state index in [1.54, 1.807) is 52.5 Å². The summed E-state index contributed by atoms with van der Waals surface area (Å²) in [5.41, 5.74) is 3.44. The summed E-state index contributed by atoms with van der Waals surface area (Å²) in [7, 11) is 0. The van der Waals surface area contributed by atoms with E-state index in [0.717, 1.165) is 69.9 Å². The Morgan fingerprint density at radius 3 is 2.25 bits per heavy atom. The summed E-state index contributed by atoms with van der Waals surface area (Å²) in [6, 6.07) is 15.3. The summed E-state index contributed by atoms with van der Waals surface area (Å²) in [6.45, 7) is 9.15. The number of nitrogens with zero attached hydrogens (tertiary/aromatic N) is 9. The molecule has 2 aromatic carbocycles. The van der Waals surface area contributed by atoms with Gasteiger partial charge < -0.3 is 35.6 Å². The fraction of sp³-hybridized carbons (Fsp3) is 0.438. The molecule has 4 saturated heterocycles. The molecule has 0 aliphatic carbocycles. The van der Waals surface area contributed by atoms with Crippen LogP contribution in [0.2, 0.25) is 0 Å². The Balaban J connectivity index is 0.701. The van der Waals surface area contributed by atoms with Crippen LogP contribution in [-0.4, -0.2) is 171 Å². The van der Waals surface area contributed by atoms with Gasteiger partial charge in [-0.05, 0) is 60.2 Å². The predicted molar refractivity (Wildman–Crippen MR) is 248 cm³/mol. The van der Waals surface area contributed by atoms with Gasteiger partial charge in [0, 0.05) is 122 Å². The highest BCUT2D eigenvalue weighted by Crippen LogP contribution is 2.27. The van der Waals surface area contributed by atoms with E-state index in [1.165, 1.54) is 12.4 Å². The highest BCUT2D eigenvalue weighted by Gasteiger charge is 2.32. The Hall–Kier alpha value is -6.54. The molecule has 4 aliphatic heterocycles. The molecule has 0 radical (unpaired) electrons. The summed E-state index contributed by atoms with van der Waals surface area (Å²) in [5.74, 6) is -0.737. The van der Waals surface area contributed by atoms with Crippen LogP contribution in [0.25, 0.3) is 10.8 Å². The summed E-state index contributed by atoms with van der Waals surface area (Å²) in [4.78, 5) is 88.7. The van der Waals surface area contributed by atoms with Crippen molar-refractivity contribution >= 4 is 40.1 Å². The maximum absolute atomic E-state index is 15.1. The Bertz CT molecular complexity index is 2640. The van der Waals surface area contributed by atoms with Crippen molar-refractivity contribution in [3.63, 3.8) is 0 Å². The Morgan fingerprint density at radius 2 is 1.52 bits per heavy atom. The lowest BCUT2D eigenvalue weighted by molar-refractivity contribution is -0.134. The van der Waals surface area contributed by atoms with E-state index in [1.807, 2.05) is 23.1 Å². The smallest absolute Gasteiger partial charge is 0.274 e. The van der Waals surface area contributed by atoms with Crippen LogP contribution in [0.4, 0.5) is 10.1 Å². The fourth-order valence-corrected chi connectivity index (χ4v) is 9.35. The number of H-pyrrole nitrogens is 1. The molecule has 9 rings (SSSR count). The van der Waals surface area contributed by atoms with Gasteiger partial charge in [0.2, 0.25) is 11.8 Å². The zero-order valence-corrected chi connectivity index (χ0v) is 37.5. The first-order valence-corrected chi connectivity index (χ1v) is 23.2. The lowest BCUT2D eigenvalue weighted by atomic mass is 9.94. The number of hydrogen-bond donors (Lipinski definition) is 4. The van der Waals surface area contributed by atoms with Crippen LogP contribution in [-0.2, 0) is 22.6 Å². The van der Waals surface area contributed by atoms with Crippen molar-refractivity contribution in [3.8, 4) is 0 Å². The van der Waals surface area contributed by atoms with Crippen molar-refractivity contribution in [3.05, 3.63) is 123 Å². The van der Waals surface area contributed by atoms with Gasteiger partial charge >= 0.3 is 0 Å². The number of hydrogen-bond acceptors (Lipinski definition) is 13. The Labute approximate surface area is 387 Å². The quantitative estimate of drug-likeness (QED) is 0.126. The molecule has 18 nitrogen and oxygen atoms in total. The second-order valence-electron chi connectivity index (χ2n) is 17.9. The zero-order valence-electron chi connectivity index (χ0n) is 37.5. The molecule has 4 fully saturated rings. The molecule has 0 atom stereocenters. The summed E-state index contributed by atoms with van der Waals surface area (Å²) >= 11 is 0. The minimum Gasteiger partial charge on any atom is -0.338 e. The van der Waals surface area contributed by atoms with Crippen molar-refractivity contribution < 1.29 is 23.6 Å². The standard InChI is InChI=1S/C48H56FN13O5/c49-40-6-5-33(22-41-37-3-1-2-4-38(37)46(65)57-56-41)21-39(40)47(66)62-19-17-60(18-20-62)44(64)30-59-15-13-58(14-16-59)29-32-8-11-61(12-9-32)48(67)45-42(23-34(26-53-45)35-24-51-25-35)55-43(63)28-52-27-36-7-10-50-31-54-36/h1-7,10,21,23,26,31-32,35,51-52H,8-9,11-20,22,24-25,27-30H2,(H,55,63)(H,57,65). The number of fused-ring (bicyclic) bond motifs is 1. The number of nitrogens with one attached hydrogen (secondary N) is 4. The second kappa shape index (κ2) is 21.0. The molecule has 4 aliphatic rings. The van der Waals surface area contributed by atoms with E-state index in [4.69, 9.17) is 0 Å². The third kappa shape index (κ3) is 11.0. The number of halogens is 1. The van der Waals surface area contributed by atoms with Crippen molar-refractivity contribution in [2.45, 2.75) is 31.7 Å². The number of benzene rings is 2. The molecule has 5 aromatic rings. The van der Waals surface area contributed by atoms with E-state index in [0.29, 0.717) is 92.4 Å². The van der Waals surface area contributed by atoms with E-state index >= 15 is 4.39 Å². The third-order valence-electron chi connectivity index (χ3n) is 13.4. The number of aromatic nitrogens is 5. The zero-order chi connectivity index (χ0) is 46.3. The van der Waals surface area contributed by atoms with Crippen LogP contribution in [0.15, 0.2) is 78.1 Å². The largest absolute Gasteiger partial charge is 0.338 e. The van der Waals surface area contributed by atoms with Crippen molar-refractivity contribution in [1.29, 1.82) is 0 Å². The first-order valence-electron chi connectivity index (χ1n) is 23.2. The minimum absolute atomic E-state index is 0.0218. The molecule has 19 heteroatoms. The SMILES string of the molecule is O=C(CNCc1ccncn1)Nc1cc(C2CNC2)cnc1C(=O)N1CCC(CN2CCN(CC(=O)N3CCN(C(=O)c4cc(Cc5n[nH]c(=O)c6ccccc56)ccc4F)CC3)CC2)CC1. The van der Waals surface area contributed by atoms with Crippen molar-refractivity contribution in [1.82, 2.24) is 60.3 Å². The number of carbonyl (C=O) groups is 4. The first-order chi connectivity index (χ1) is 32.6.